The molecule has 222 valence electrons. The number of halogens is 1. The largest absolute Gasteiger partial charge is 0.444 e. The predicted octanol–water partition coefficient (Wildman–Crippen LogP) is 5.78. The minimum absolute atomic E-state index is 0.178. The summed E-state index contributed by atoms with van der Waals surface area (Å²) in [6, 6.07) is 4.55. The van der Waals surface area contributed by atoms with Gasteiger partial charge in [-0.1, -0.05) is 26.8 Å². The topological polar surface area (TPSA) is 91.0 Å². The van der Waals surface area contributed by atoms with Crippen molar-refractivity contribution in [1.29, 1.82) is 0 Å². The van der Waals surface area contributed by atoms with Gasteiger partial charge in [-0.2, -0.15) is 0 Å². The smallest absolute Gasteiger partial charge is 0.410 e. The van der Waals surface area contributed by atoms with Crippen LogP contribution in [-0.4, -0.2) is 73.1 Å². The van der Waals surface area contributed by atoms with Crippen LogP contribution in [0.4, 0.5) is 14.9 Å². The molecular formula is C30H51FN4O4. The molecule has 0 radical (unpaired) electrons. The molecule has 0 spiro atoms. The molecule has 1 heterocycles. The summed E-state index contributed by atoms with van der Waals surface area (Å²) in [4.78, 5) is 38.5. The Morgan fingerprint density at radius 2 is 1.82 bits per heavy atom. The summed E-state index contributed by atoms with van der Waals surface area (Å²) in [5.74, 6) is -0.0733. The van der Waals surface area contributed by atoms with Crippen molar-refractivity contribution in [2.24, 2.45) is 5.92 Å². The first-order valence-electron chi connectivity index (χ1n) is 14.2. The van der Waals surface area contributed by atoms with Crippen molar-refractivity contribution in [3.8, 4) is 0 Å². The Kier molecular flexibility index (Phi) is 14.5. The highest BCUT2D eigenvalue weighted by Crippen LogP contribution is 2.28. The lowest BCUT2D eigenvalue weighted by atomic mass is 9.92. The Balaban J connectivity index is 0.000000439. The fourth-order valence-electron chi connectivity index (χ4n) is 4.09. The molecule has 1 aliphatic rings. The van der Waals surface area contributed by atoms with Gasteiger partial charge in [0.2, 0.25) is 11.8 Å². The second kappa shape index (κ2) is 16.4. The number of anilines is 1. The number of carbonyl (C=O) groups excluding carboxylic acids is 3. The maximum absolute atomic E-state index is 14.5. The van der Waals surface area contributed by atoms with Gasteiger partial charge in [-0.3, -0.25) is 14.9 Å². The van der Waals surface area contributed by atoms with E-state index in [0.717, 1.165) is 32.4 Å². The Labute approximate surface area is 235 Å². The third-order valence-corrected chi connectivity index (χ3v) is 6.45. The van der Waals surface area contributed by atoms with Crippen LogP contribution in [0.2, 0.25) is 0 Å². The van der Waals surface area contributed by atoms with Gasteiger partial charge in [0.25, 0.3) is 0 Å². The van der Waals surface area contributed by atoms with Crippen LogP contribution < -0.4 is 10.6 Å². The van der Waals surface area contributed by atoms with Crippen molar-refractivity contribution >= 4 is 23.6 Å². The first kappa shape index (κ1) is 34.3. The quantitative estimate of drug-likeness (QED) is 0.340. The summed E-state index contributed by atoms with van der Waals surface area (Å²) >= 11 is 0. The molecule has 2 unspecified atom stereocenters. The lowest BCUT2D eigenvalue weighted by molar-refractivity contribution is -0.133. The molecule has 1 saturated heterocycles. The molecule has 2 atom stereocenters. The zero-order chi connectivity index (χ0) is 29.8. The summed E-state index contributed by atoms with van der Waals surface area (Å²) in [6.07, 6.45) is 3.32. The van der Waals surface area contributed by atoms with Crippen LogP contribution in [0, 0.1) is 11.7 Å². The van der Waals surface area contributed by atoms with E-state index in [1.165, 1.54) is 6.07 Å². The third-order valence-electron chi connectivity index (χ3n) is 6.45. The lowest BCUT2D eigenvalue weighted by Gasteiger charge is -2.26. The summed E-state index contributed by atoms with van der Waals surface area (Å²) < 4.78 is 19.8. The zero-order valence-electron chi connectivity index (χ0n) is 25.5. The second-order valence-electron chi connectivity index (χ2n) is 11.8. The number of amides is 3. The summed E-state index contributed by atoms with van der Waals surface area (Å²) in [5.41, 5.74) is 0.879. The molecule has 2 rings (SSSR count). The molecule has 3 amide bonds. The molecule has 1 aliphatic heterocycles. The number of imide groups is 1. The third kappa shape index (κ3) is 13.3. The number of hydrogen-bond donors (Lipinski definition) is 2. The van der Waals surface area contributed by atoms with Crippen LogP contribution in [0.1, 0.15) is 92.1 Å². The number of benzene rings is 1. The number of hydrogen-bond acceptors (Lipinski definition) is 6. The van der Waals surface area contributed by atoms with Gasteiger partial charge in [-0.25, -0.2) is 9.18 Å². The normalized spacial score (nSPS) is 16.4. The van der Waals surface area contributed by atoms with Crippen LogP contribution in [0.25, 0.3) is 0 Å². The molecular weight excluding hydrogens is 499 g/mol. The number of carbonyl (C=O) groups is 3. The molecule has 9 heteroatoms. The number of ether oxygens (including phenoxy) is 1. The van der Waals surface area contributed by atoms with Crippen LogP contribution >= 0.6 is 0 Å². The highest BCUT2D eigenvalue weighted by Gasteiger charge is 2.26. The highest BCUT2D eigenvalue weighted by molar-refractivity contribution is 6.01. The van der Waals surface area contributed by atoms with Crippen molar-refractivity contribution < 1.29 is 23.5 Å². The molecule has 1 fully saturated rings. The van der Waals surface area contributed by atoms with Crippen molar-refractivity contribution in [2.45, 2.75) is 98.1 Å². The Morgan fingerprint density at radius 3 is 2.31 bits per heavy atom. The van der Waals surface area contributed by atoms with E-state index in [4.69, 9.17) is 4.74 Å². The maximum atomic E-state index is 14.5. The predicted molar refractivity (Wildman–Crippen MR) is 155 cm³/mol. The number of nitrogens with zero attached hydrogens (tertiary/aromatic N) is 2. The highest BCUT2D eigenvalue weighted by atomic mass is 19.1. The van der Waals surface area contributed by atoms with Gasteiger partial charge >= 0.3 is 6.09 Å². The molecule has 8 nitrogen and oxygen atoms in total. The van der Waals surface area contributed by atoms with Crippen LogP contribution in [-0.2, 0) is 14.3 Å². The van der Waals surface area contributed by atoms with Crippen LogP contribution in [0.15, 0.2) is 18.2 Å². The molecule has 0 bridgehead atoms. The minimum atomic E-state index is -0.497. The van der Waals surface area contributed by atoms with E-state index in [1.54, 1.807) is 17.0 Å². The standard InChI is InChI=1S/C18H26FN3O2.C12H25NO2/c1-4-12(9-10-22(2)3)14-6-5-13(11-15(14)19)20-16-7-8-17(23)21-18(16)24;1-7-13(9-8-10(2)3)11(14)15-12(4,5)6/h5-6,11-12,16,20H,4,7-10H2,1-3H3,(H,21,23,24);10H,7-9H2,1-6H3. The maximum Gasteiger partial charge on any atom is 0.410 e. The average molecular weight is 551 g/mol. The first-order valence-corrected chi connectivity index (χ1v) is 14.2. The molecule has 0 aliphatic carbocycles. The monoisotopic (exact) mass is 550 g/mol. The van der Waals surface area contributed by atoms with Gasteiger partial charge in [0.1, 0.15) is 17.5 Å². The van der Waals surface area contributed by atoms with E-state index in [2.05, 4.69) is 36.3 Å². The fraction of sp³-hybridized carbons (Fsp3) is 0.700. The average Bonchev–Trinajstić information content (AvgIpc) is 2.81. The Morgan fingerprint density at radius 1 is 1.15 bits per heavy atom. The Bertz CT molecular complexity index is 930. The van der Waals surface area contributed by atoms with Gasteiger partial charge in [-0.15, -0.1) is 0 Å². The second-order valence-corrected chi connectivity index (χ2v) is 11.8. The number of rotatable bonds is 11. The van der Waals surface area contributed by atoms with Gasteiger partial charge in [0.05, 0.1) is 0 Å². The van der Waals surface area contributed by atoms with Crippen LogP contribution in [0.3, 0.4) is 0 Å². The first-order chi connectivity index (χ1) is 18.2. The van der Waals surface area contributed by atoms with E-state index in [-0.39, 0.29) is 29.6 Å². The molecule has 2 N–H and O–H groups in total. The van der Waals surface area contributed by atoms with Gasteiger partial charge in [0.15, 0.2) is 0 Å². The minimum Gasteiger partial charge on any atom is -0.444 e. The van der Waals surface area contributed by atoms with Crippen molar-refractivity contribution in [3.63, 3.8) is 0 Å². The molecule has 1 aromatic carbocycles. The van der Waals surface area contributed by atoms with Gasteiger partial charge in [-0.05, 0) is 104 Å². The van der Waals surface area contributed by atoms with Crippen molar-refractivity contribution in [2.75, 3.05) is 39.0 Å². The van der Waals surface area contributed by atoms with Gasteiger partial charge in [0, 0.05) is 25.2 Å². The summed E-state index contributed by atoms with van der Waals surface area (Å²) in [7, 11) is 4.02. The lowest BCUT2D eigenvalue weighted by Crippen LogP contribution is -2.47. The summed E-state index contributed by atoms with van der Waals surface area (Å²) in [6.45, 7) is 16.4. The van der Waals surface area contributed by atoms with E-state index in [0.29, 0.717) is 36.6 Å². The van der Waals surface area contributed by atoms with Crippen molar-refractivity contribution in [1.82, 2.24) is 15.1 Å². The van der Waals surface area contributed by atoms with Gasteiger partial charge < -0.3 is 19.9 Å². The van der Waals surface area contributed by atoms with E-state index >= 15 is 0 Å². The molecule has 0 saturated carbocycles. The van der Waals surface area contributed by atoms with Crippen LogP contribution in [0.5, 0.6) is 0 Å². The Hall–Kier alpha value is -2.68. The van der Waals surface area contributed by atoms with Crippen molar-refractivity contribution in [3.05, 3.63) is 29.6 Å². The number of nitrogens with one attached hydrogen (secondary N) is 2. The SMILES string of the molecule is CCC(CCN(C)C)c1ccc(NC2CCC(=O)NC2=O)cc1F.CCN(CCC(C)C)C(=O)OC(C)(C)C. The molecule has 0 aromatic heterocycles. The van der Waals surface area contributed by atoms with E-state index < -0.39 is 11.6 Å². The van der Waals surface area contributed by atoms with E-state index in [1.807, 2.05) is 41.8 Å². The fourth-order valence-corrected chi connectivity index (χ4v) is 4.09. The molecule has 1 aromatic rings. The van der Waals surface area contributed by atoms with E-state index in [9.17, 15) is 18.8 Å². The zero-order valence-corrected chi connectivity index (χ0v) is 25.5. The summed E-state index contributed by atoms with van der Waals surface area (Å²) in [5, 5.41) is 5.31. The molecule has 39 heavy (non-hydrogen) atoms. The number of piperidine rings is 1.